The van der Waals surface area contributed by atoms with Crippen LogP contribution in [0.4, 0.5) is 4.39 Å². The summed E-state index contributed by atoms with van der Waals surface area (Å²) in [6.45, 7) is 4.76. The molecule has 0 spiro atoms. The van der Waals surface area contributed by atoms with Crippen molar-refractivity contribution in [2.24, 2.45) is 0 Å². The summed E-state index contributed by atoms with van der Waals surface area (Å²) in [6, 6.07) is 17.9. The number of nitrogens with one attached hydrogen (secondary N) is 1. The standard InChI is InChI=1S/C31H33FN4O4S/c1-31(2,19-40-4)29-28(20-6-8-21(9-7-20)30(37)35(3)14-15-41(5,38)39)25-17-26-22(18-33-34-26)16-27(25)36(29)24-12-10-23(32)11-13-24/h6-13,16-18H,14-15,19H2,1-5H3,(H,33,34). The number of amides is 1. The Morgan fingerprint density at radius 2 is 1.78 bits per heavy atom. The summed E-state index contributed by atoms with van der Waals surface area (Å²) in [6.07, 6.45) is 2.93. The van der Waals surface area contributed by atoms with E-state index in [1.54, 1.807) is 44.6 Å². The van der Waals surface area contributed by atoms with E-state index < -0.39 is 15.3 Å². The average molecular weight is 577 g/mol. The van der Waals surface area contributed by atoms with Crippen molar-refractivity contribution in [2.75, 3.05) is 39.3 Å². The smallest absolute Gasteiger partial charge is 0.253 e. The number of nitrogens with zero attached hydrogens (tertiary/aromatic N) is 3. The van der Waals surface area contributed by atoms with E-state index in [-0.39, 0.29) is 24.0 Å². The summed E-state index contributed by atoms with van der Waals surface area (Å²) in [5.74, 6) is -0.675. The van der Waals surface area contributed by atoms with Crippen molar-refractivity contribution in [3.8, 4) is 16.8 Å². The van der Waals surface area contributed by atoms with Gasteiger partial charge in [-0.1, -0.05) is 26.0 Å². The first-order valence-electron chi connectivity index (χ1n) is 13.2. The fraction of sp³-hybridized carbons (Fsp3) is 0.290. The van der Waals surface area contributed by atoms with Crippen LogP contribution < -0.4 is 0 Å². The molecular formula is C31H33FN4O4S. The number of aromatic nitrogens is 3. The average Bonchev–Trinajstić information content (AvgIpc) is 3.52. The molecule has 10 heteroatoms. The third kappa shape index (κ3) is 5.62. The number of carbonyl (C=O) groups is 1. The molecule has 41 heavy (non-hydrogen) atoms. The van der Waals surface area contributed by atoms with E-state index in [0.29, 0.717) is 12.2 Å². The van der Waals surface area contributed by atoms with Crippen molar-refractivity contribution in [1.29, 1.82) is 0 Å². The largest absolute Gasteiger partial charge is 0.384 e. The second kappa shape index (κ2) is 10.8. The Balaban J connectivity index is 1.71. The molecule has 0 aliphatic rings. The van der Waals surface area contributed by atoms with Crippen molar-refractivity contribution >= 4 is 37.6 Å². The fourth-order valence-corrected chi connectivity index (χ4v) is 5.95. The van der Waals surface area contributed by atoms with Crippen molar-refractivity contribution in [2.45, 2.75) is 19.3 Å². The van der Waals surface area contributed by atoms with Gasteiger partial charge in [0.15, 0.2) is 0 Å². The van der Waals surface area contributed by atoms with Gasteiger partial charge in [-0.05, 0) is 54.1 Å². The first-order valence-corrected chi connectivity index (χ1v) is 15.3. The maximum atomic E-state index is 14.0. The van der Waals surface area contributed by atoms with Crippen LogP contribution in [0.2, 0.25) is 0 Å². The Morgan fingerprint density at radius 3 is 2.41 bits per heavy atom. The molecule has 0 saturated heterocycles. The zero-order valence-electron chi connectivity index (χ0n) is 23.7. The lowest BCUT2D eigenvalue weighted by Crippen LogP contribution is -2.31. The maximum Gasteiger partial charge on any atom is 0.253 e. The van der Waals surface area contributed by atoms with Crippen molar-refractivity contribution < 1.29 is 22.3 Å². The lowest BCUT2D eigenvalue weighted by molar-refractivity contribution is 0.0803. The van der Waals surface area contributed by atoms with Gasteiger partial charge in [-0.25, -0.2) is 12.8 Å². The molecular weight excluding hydrogens is 543 g/mol. The number of ether oxygens (including phenoxy) is 1. The molecule has 0 saturated carbocycles. The van der Waals surface area contributed by atoms with E-state index in [9.17, 15) is 17.6 Å². The molecule has 0 radical (unpaired) electrons. The number of benzene rings is 3. The van der Waals surface area contributed by atoms with Crippen LogP contribution in [-0.2, 0) is 20.0 Å². The van der Waals surface area contributed by atoms with Crippen LogP contribution in [0, 0.1) is 5.82 Å². The molecule has 2 heterocycles. The molecule has 214 valence electrons. The summed E-state index contributed by atoms with van der Waals surface area (Å²) in [5.41, 5.74) is 5.45. The summed E-state index contributed by atoms with van der Waals surface area (Å²) in [5, 5.41) is 9.19. The molecule has 5 aromatic rings. The predicted octanol–water partition coefficient (Wildman–Crippen LogP) is 5.35. The van der Waals surface area contributed by atoms with E-state index in [4.69, 9.17) is 4.74 Å². The molecule has 0 atom stereocenters. The SMILES string of the molecule is COCC(C)(C)c1c(-c2ccc(C(=O)N(C)CCS(C)(=O)=O)cc2)c2cc3[nH]ncc3cc2n1-c1ccc(F)cc1. The highest BCUT2D eigenvalue weighted by Crippen LogP contribution is 2.44. The Hall–Kier alpha value is -4.02. The monoisotopic (exact) mass is 576 g/mol. The lowest BCUT2D eigenvalue weighted by Gasteiger charge is -2.28. The fourth-order valence-electron chi connectivity index (χ4n) is 5.35. The highest BCUT2D eigenvalue weighted by atomic mass is 32.2. The molecule has 0 aliphatic heterocycles. The van der Waals surface area contributed by atoms with Gasteiger partial charge in [-0.2, -0.15) is 5.10 Å². The second-order valence-electron chi connectivity index (χ2n) is 11.1. The summed E-state index contributed by atoms with van der Waals surface area (Å²) < 4.78 is 44.9. The third-order valence-electron chi connectivity index (χ3n) is 7.32. The minimum atomic E-state index is -3.19. The minimum Gasteiger partial charge on any atom is -0.384 e. The molecule has 2 aromatic heterocycles. The number of methoxy groups -OCH3 is 1. The van der Waals surface area contributed by atoms with Crippen molar-refractivity contribution in [1.82, 2.24) is 19.7 Å². The molecule has 3 aromatic carbocycles. The predicted molar refractivity (Wildman–Crippen MR) is 160 cm³/mol. The number of hydrogen-bond donors (Lipinski definition) is 1. The zero-order valence-corrected chi connectivity index (χ0v) is 24.5. The van der Waals surface area contributed by atoms with Gasteiger partial charge in [0.05, 0.1) is 29.6 Å². The van der Waals surface area contributed by atoms with Crippen LogP contribution in [0.25, 0.3) is 38.6 Å². The topological polar surface area (TPSA) is 97.3 Å². The van der Waals surface area contributed by atoms with Crippen molar-refractivity contribution in [3.05, 3.63) is 83.9 Å². The van der Waals surface area contributed by atoms with E-state index in [0.717, 1.165) is 50.6 Å². The normalized spacial score (nSPS) is 12.3. The van der Waals surface area contributed by atoms with Crippen LogP contribution in [0.15, 0.2) is 66.9 Å². The van der Waals surface area contributed by atoms with Gasteiger partial charge < -0.3 is 14.2 Å². The number of fused-ring (bicyclic) bond motifs is 2. The van der Waals surface area contributed by atoms with Crippen LogP contribution >= 0.6 is 0 Å². The van der Waals surface area contributed by atoms with Gasteiger partial charge in [0.25, 0.3) is 5.91 Å². The summed E-state index contributed by atoms with van der Waals surface area (Å²) >= 11 is 0. The Bertz CT molecular complexity index is 1840. The maximum absolute atomic E-state index is 14.0. The highest BCUT2D eigenvalue weighted by molar-refractivity contribution is 7.90. The van der Waals surface area contributed by atoms with Crippen molar-refractivity contribution in [3.63, 3.8) is 0 Å². The number of aromatic amines is 1. The van der Waals surface area contributed by atoms with Crippen LogP contribution in [-0.4, -0.2) is 73.3 Å². The van der Waals surface area contributed by atoms with Gasteiger partial charge in [-0.15, -0.1) is 0 Å². The van der Waals surface area contributed by atoms with Crippen LogP contribution in [0.5, 0.6) is 0 Å². The first kappa shape index (κ1) is 28.5. The molecule has 0 aliphatic carbocycles. The quantitative estimate of drug-likeness (QED) is 0.255. The van der Waals surface area contributed by atoms with Crippen LogP contribution in [0.1, 0.15) is 29.9 Å². The van der Waals surface area contributed by atoms with Gasteiger partial charge in [0.2, 0.25) is 0 Å². The first-order chi connectivity index (χ1) is 19.4. The van der Waals surface area contributed by atoms with E-state index in [2.05, 4.69) is 40.7 Å². The highest BCUT2D eigenvalue weighted by Gasteiger charge is 2.32. The molecule has 0 bridgehead atoms. The summed E-state index contributed by atoms with van der Waals surface area (Å²) in [7, 11) is 0.0738. The molecule has 5 rings (SSSR count). The molecule has 1 N–H and O–H groups in total. The van der Waals surface area contributed by atoms with Gasteiger partial charge >= 0.3 is 0 Å². The molecule has 0 fully saturated rings. The van der Waals surface area contributed by atoms with Crippen LogP contribution in [0.3, 0.4) is 0 Å². The lowest BCUT2D eigenvalue weighted by atomic mass is 9.84. The van der Waals surface area contributed by atoms with Gasteiger partial charge in [0, 0.05) is 65.7 Å². The third-order valence-corrected chi connectivity index (χ3v) is 8.25. The zero-order chi connectivity index (χ0) is 29.5. The Kier molecular flexibility index (Phi) is 7.48. The molecule has 8 nitrogen and oxygen atoms in total. The number of carbonyl (C=O) groups excluding carboxylic acids is 1. The minimum absolute atomic E-state index is 0.101. The van der Waals surface area contributed by atoms with E-state index in [1.807, 2.05) is 12.1 Å². The second-order valence-corrected chi connectivity index (χ2v) is 13.4. The molecule has 1 amide bonds. The Labute approximate surface area is 238 Å². The van der Waals surface area contributed by atoms with Gasteiger partial charge in [0.1, 0.15) is 15.7 Å². The number of rotatable bonds is 9. The Morgan fingerprint density at radius 1 is 1.10 bits per heavy atom. The number of hydrogen-bond acceptors (Lipinski definition) is 5. The number of sulfone groups is 1. The summed E-state index contributed by atoms with van der Waals surface area (Å²) in [4.78, 5) is 14.5. The van der Waals surface area contributed by atoms with E-state index >= 15 is 0 Å². The van der Waals surface area contributed by atoms with Gasteiger partial charge in [-0.3, -0.25) is 9.89 Å². The number of halogens is 1. The molecule has 0 unspecified atom stereocenters. The number of H-pyrrole nitrogens is 1. The van der Waals surface area contributed by atoms with E-state index in [1.165, 1.54) is 17.0 Å².